The molecular weight excluding hydrogens is 252 g/mol. The van der Waals surface area contributed by atoms with Crippen molar-refractivity contribution in [2.24, 2.45) is 0 Å². The van der Waals surface area contributed by atoms with Gasteiger partial charge in [-0.2, -0.15) is 4.98 Å². The zero-order chi connectivity index (χ0) is 14.4. The summed E-state index contributed by atoms with van der Waals surface area (Å²) in [6.07, 6.45) is 0. The van der Waals surface area contributed by atoms with Gasteiger partial charge in [-0.05, 0) is 31.5 Å². The molecule has 0 fully saturated rings. The van der Waals surface area contributed by atoms with Crippen LogP contribution in [0.3, 0.4) is 0 Å². The molecule has 20 heavy (non-hydrogen) atoms. The van der Waals surface area contributed by atoms with Crippen LogP contribution in [0.25, 0.3) is 0 Å². The van der Waals surface area contributed by atoms with Gasteiger partial charge in [-0.15, -0.1) is 0 Å². The van der Waals surface area contributed by atoms with E-state index in [0.717, 1.165) is 29.4 Å². The Bertz CT molecular complexity index is 572. The van der Waals surface area contributed by atoms with E-state index in [-0.39, 0.29) is 0 Å². The average molecular weight is 272 g/mol. The number of ether oxygens (including phenoxy) is 1. The highest BCUT2D eigenvalue weighted by Gasteiger charge is 2.02. The van der Waals surface area contributed by atoms with Crippen LogP contribution in [0.4, 0.5) is 11.8 Å². The lowest BCUT2D eigenvalue weighted by Crippen LogP contribution is -2.07. The minimum atomic E-state index is 0.653. The number of methoxy groups -OCH3 is 1. The first-order valence-electron chi connectivity index (χ1n) is 6.67. The number of hydrogen-bond acceptors (Lipinski definition) is 5. The van der Waals surface area contributed by atoms with Gasteiger partial charge in [0.25, 0.3) is 0 Å². The number of anilines is 2. The zero-order valence-electron chi connectivity index (χ0n) is 12.1. The van der Waals surface area contributed by atoms with E-state index >= 15 is 0 Å². The molecule has 0 radical (unpaired) electrons. The van der Waals surface area contributed by atoms with E-state index in [1.54, 1.807) is 7.11 Å². The molecule has 5 nitrogen and oxygen atoms in total. The predicted molar refractivity (Wildman–Crippen MR) is 81.3 cm³/mol. The van der Waals surface area contributed by atoms with Crippen LogP contribution in [0.5, 0.6) is 5.75 Å². The fourth-order valence-corrected chi connectivity index (χ4v) is 1.87. The highest BCUT2D eigenvalue weighted by atomic mass is 16.5. The van der Waals surface area contributed by atoms with Crippen LogP contribution < -0.4 is 15.4 Å². The van der Waals surface area contributed by atoms with Crippen molar-refractivity contribution >= 4 is 11.8 Å². The second-order valence-electron chi connectivity index (χ2n) is 4.45. The van der Waals surface area contributed by atoms with Crippen LogP contribution in [0.1, 0.15) is 18.2 Å². The van der Waals surface area contributed by atoms with E-state index < -0.39 is 0 Å². The Labute approximate surface area is 119 Å². The molecule has 0 spiro atoms. The summed E-state index contributed by atoms with van der Waals surface area (Å²) in [5.41, 5.74) is 2.08. The minimum Gasteiger partial charge on any atom is -0.497 e. The number of aromatic nitrogens is 2. The summed E-state index contributed by atoms with van der Waals surface area (Å²) in [5, 5.41) is 6.43. The van der Waals surface area contributed by atoms with E-state index in [9.17, 15) is 0 Å². The van der Waals surface area contributed by atoms with Gasteiger partial charge in [-0.1, -0.05) is 12.1 Å². The molecule has 0 unspecified atom stereocenters. The lowest BCUT2D eigenvalue weighted by atomic mass is 10.2. The van der Waals surface area contributed by atoms with Crippen LogP contribution in [-0.4, -0.2) is 23.6 Å². The van der Waals surface area contributed by atoms with Gasteiger partial charge in [0, 0.05) is 24.8 Å². The summed E-state index contributed by atoms with van der Waals surface area (Å²) >= 11 is 0. The maximum atomic E-state index is 5.21. The average Bonchev–Trinajstić information content (AvgIpc) is 2.45. The Balaban J connectivity index is 2.06. The quantitative estimate of drug-likeness (QED) is 0.846. The van der Waals surface area contributed by atoms with E-state index in [2.05, 4.69) is 26.7 Å². The van der Waals surface area contributed by atoms with Crippen LogP contribution in [0.15, 0.2) is 30.3 Å². The number of nitrogens with one attached hydrogen (secondary N) is 2. The molecule has 0 atom stereocenters. The van der Waals surface area contributed by atoms with Crippen molar-refractivity contribution < 1.29 is 4.74 Å². The molecular formula is C15H20N4O. The van der Waals surface area contributed by atoms with Crippen LogP contribution in [-0.2, 0) is 6.54 Å². The number of aryl methyl sites for hydroxylation is 1. The number of nitrogens with zero attached hydrogens (tertiary/aromatic N) is 2. The largest absolute Gasteiger partial charge is 0.497 e. The van der Waals surface area contributed by atoms with E-state index in [0.29, 0.717) is 12.5 Å². The van der Waals surface area contributed by atoms with Crippen molar-refractivity contribution in [3.8, 4) is 5.75 Å². The second kappa shape index (κ2) is 6.75. The van der Waals surface area contributed by atoms with Gasteiger partial charge in [-0.3, -0.25) is 0 Å². The van der Waals surface area contributed by atoms with Gasteiger partial charge in [0.05, 0.1) is 7.11 Å². The number of rotatable bonds is 6. The Morgan fingerprint density at radius 1 is 1.15 bits per heavy atom. The molecule has 2 aromatic rings. The molecule has 0 aliphatic heterocycles. The van der Waals surface area contributed by atoms with Gasteiger partial charge >= 0.3 is 0 Å². The van der Waals surface area contributed by atoms with Gasteiger partial charge in [0.15, 0.2) is 0 Å². The van der Waals surface area contributed by atoms with Gasteiger partial charge in [-0.25, -0.2) is 4.98 Å². The normalized spacial score (nSPS) is 10.2. The third-order valence-corrected chi connectivity index (χ3v) is 2.80. The SMILES string of the molecule is CCNc1nc(C)cc(NCc2cccc(OC)c2)n1. The van der Waals surface area contributed by atoms with E-state index in [1.165, 1.54) is 0 Å². The molecule has 0 saturated heterocycles. The molecule has 0 aliphatic carbocycles. The van der Waals surface area contributed by atoms with E-state index in [1.807, 2.05) is 38.1 Å². The summed E-state index contributed by atoms with van der Waals surface area (Å²) in [5.74, 6) is 2.33. The molecule has 1 aromatic carbocycles. The second-order valence-corrected chi connectivity index (χ2v) is 4.45. The van der Waals surface area contributed by atoms with Crippen LogP contribution in [0.2, 0.25) is 0 Å². The summed E-state index contributed by atoms with van der Waals surface area (Å²) in [7, 11) is 1.67. The molecule has 1 aromatic heterocycles. The molecule has 0 saturated carbocycles. The smallest absolute Gasteiger partial charge is 0.224 e. The maximum Gasteiger partial charge on any atom is 0.224 e. The lowest BCUT2D eigenvalue weighted by Gasteiger charge is -2.09. The summed E-state index contributed by atoms with van der Waals surface area (Å²) in [6, 6.07) is 9.90. The van der Waals surface area contributed by atoms with Gasteiger partial charge in [0.2, 0.25) is 5.95 Å². The monoisotopic (exact) mass is 272 g/mol. The van der Waals surface area contributed by atoms with Crippen molar-refractivity contribution in [3.05, 3.63) is 41.6 Å². The van der Waals surface area contributed by atoms with Crippen molar-refractivity contribution in [1.82, 2.24) is 9.97 Å². The first kappa shape index (κ1) is 14.1. The topological polar surface area (TPSA) is 59.1 Å². The Kier molecular flexibility index (Phi) is 4.76. The van der Waals surface area contributed by atoms with Crippen LogP contribution >= 0.6 is 0 Å². The number of benzene rings is 1. The fourth-order valence-electron chi connectivity index (χ4n) is 1.87. The maximum absolute atomic E-state index is 5.21. The van der Waals surface area contributed by atoms with Crippen molar-refractivity contribution in [2.45, 2.75) is 20.4 Å². The van der Waals surface area contributed by atoms with Crippen LogP contribution in [0, 0.1) is 6.92 Å². The third-order valence-electron chi connectivity index (χ3n) is 2.80. The molecule has 0 bridgehead atoms. The van der Waals surface area contributed by atoms with Crippen molar-refractivity contribution in [2.75, 3.05) is 24.3 Å². The van der Waals surface area contributed by atoms with Crippen molar-refractivity contribution in [3.63, 3.8) is 0 Å². The Morgan fingerprint density at radius 3 is 2.75 bits per heavy atom. The Hall–Kier alpha value is -2.30. The lowest BCUT2D eigenvalue weighted by molar-refractivity contribution is 0.414. The molecule has 5 heteroatoms. The molecule has 2 rings (SSSR count). The molecule has 2 N–H and O–H groups in total. The van der Waals surface area contributed by atoms with Crippen molar-refractivity contribution in [1.29, 1.82) is 0 Å². The number of hydrogen-bond donors (Lipinski definition) is 2. The first-order valence-corrected chi connectivity index (χ1v) is 6.67. The summed E-state index contributed by atoms with van der Waals surface area (Å²) in [6.45, 7) is 5.48. The Morgan fingerprint density at radius 2 is 2.00 bits per heavy atom. The predicted octanol–water partition coefficient (Wildman–Crippen LogP) is 2.84. The molecule has 0 aliphatic rings. The summed E-state index contributed by atoms with van der Waals surface area (Å²) in [4.78, 5) is 8.74. The summed E-state index contributed by atoms with van der Waals surface area (Å²) < 4.78 is 5.21. The fraction of sp³-hybridized carbons (Fsp3) is 0.333. The highest BCUT2D eigenvalue weighted by Crippen LogP contribution is 2.15. The third kappa shape index (κ3) is 3.85. The van der Waals surface area contributed by atoms with E-state index in [4.69, 9.17) is 4.74 Å². The minimum absolute atomic E-state index is 0.653. The van der Waals surface area contributed by atoms with Gasteiger partial charge in [0.1, 0.15) is 11.6 Å². The van der Waals surface area contributed by atoms with Gasteiger partial charge < -0.3 is 15.4 Å². The molecule has 0 amide bonds. The molecule has 1 heterocycles. The first-order chi connectivity index (χ1) is 9.71. The highest BCUT2D eigenvalue weighted by molar-refractivity contribution is 5.43. The zero-order valence-corrected chi connectivity index (χ0v) is 12.1. The molecule has 106 valence electrons. The standard InChI is InChI=1S/C15H20N4O/c1-4-16-15-18-11(2)8-14(19-15)17-10-12-6-5-7-13(9-12)20-3/h5-9H,4,10H2,1-3H3,(H2,16,17,18,19).